The SMILES string of the molecule is Cc1cc(N)n(CC(=O)NCCCc2c(C)noc2C)n1. The Bertz CT molecular complexity index is 610. The first-order valence-corrected chi connectivity index (χ1v) is 6.95. The molecule has 0 aromatic carbocycles. The molecule has 0 aliphatic rings. The maximum absolute atomic E-state index is 11.8. The number of carbonyl (C=O) groups excluding carboxylic acids is 1. The van der Waals surface area contributed by atoms with Gasteiger partial charge in [-0.15, -0.1) is 0 Å². The van der Waals surface area contributed by atoms with Crippen LogP contribution in [0.25, 0.3) is 0 Å². The molecular weight excluding hydrogens is 270 g/mol. The van der Waals surface area contributed by atoms with E-state index in [4.69, 9.17) is 10.3 Å². The monoisotopic (exact) mass is 291 g/mol. The van der Waals surface area contributed by atoms with Crippen LogP contribution in [0.5, 0.6) is 0 Å². The van der Waals surface area contributed by atoms with E-state index in [-0.39, 0.29) is 12.5 Å². The Morgan fingerprint density at radius 3 is 2.76 bits per heavy atom. The molecule has 0 aliphatic carbocycles. The Kier molecular flexibility index (Phi) is 4.62. The van der Waals surface area contributed by atoms with Crippen molar-refractivity contribution >= 4 is 11.7 Å². The van der Waals surface area contributed by atoms with E-state index in [1.165, 1.54) is 4.68 Å². The Labute approximate surface area is 123 Å². The van der Waals surface area contributed by atoms with Crippen LogP contribution in [-0.2, 0) is 17.8 Å². The largest absolute Gasteiger partial charge is 0.384 e. The number of carbonyl (C=O) groups is 1. The second kappa shape index (κ2) is 6.43. The van der Waals surface area contributed by atoms with Crippen LogP contribution in [-0.4, -0.2) is 27.4 Å². The standard InChI is InChI=1S/C14H21N5O2/c1-9-7-13(15)19(17-9)8-14(20)16-6-4-5-12-10(2)18-21-11(12)3/h7H,4-6,8,15H2,1-3H3,(H,16,20). The first kappa shape index (κ1) is 15.1. The zero-order valence-electron chi connectivity index (χ0n) is 12.6. The summed E-state index contributed by atoms with van der Waals surface area (Å²) in [5.41, 5.74) is 8.59. The van der Waals surface area contributed by atoms with Crippen LogP contribution in [0.4, 0.5) is 5.82 Å². The lowest BCUT2D eigenvalue weighted by atomic mass is 10.1. The highest BCUT2D eigenvalue weighted by molar-refractivity contribution is 5.76. The van der Waals surface area contributed by atoms with Gasteiger partial charge in [-0.25, -0.2) is 4.68 Å². The molecule has 2 heterocycles. The van der Waals surface area contributed by atoms with Gasteiger partial charge in [-0.2, -0.15) is 5.10 Å². The van der Waals surface area contributed by atoms with E-state index >= 15 is 0 Å². The summed E-state index contributed by atoms with van der Waals surface area (Å²) < 4.78 is 6.60. The molecule has 0 bridgehead atoms. The van der Waals surface area contributed by atoms with Crippen molar-refractivity contribution in [2.45, 2.75) is 40.2 Å². The quantitative estimate of drug-likeness (QED) is 0.777. The minimum Gasteiger partial charge on any atom is -0.384 e. The molecule has 0 atom stereocenters. The van der Waals surface area contributed by atoms with Crippen molar-refractivity contribution in [2.75, 3.05) is 12.3 Å². The van der Waals surface area contributed by atoms with Gasteiger partial charge >= 0.3 is 0 Å². The number of aromatic nitrogens is 3. The number of nitrogens with two attached hydrogens (primary N) is 1. The summed E-state index contributed by atoms with van der Waals surface area (Å²) in [6.07, 6.45) is 1.67. The van der Waals surface area contributed by atoms with Crippen molar-refractivity contribution in [1.29, 1.82) is 0 Å². The lowest BCUT2D eigenvalue weighted by Crippen LogP contribution is -2.29. The Morgan fingerprint density at radius 1 is 1.43 bits per heavy atom. The fourth-order valence-corrected chi connectivity index (χ4v) is 2.24. The molecule has 2 rings (SSSR count). The average Bonchev–Trinajstić information content (AvgIpc) is 2.89. The van der Waals surface area contributed by atoms with E-state index < -0.39 is 0 Å². The lowest BCUT2D eigenvalue weighted by Gasteiger charge is -2.06. The average molecular weight is 291 g/mol. The van der Waals surface area contributed by atoms with Gasteiger partial charge in [0.15, 0.2) is 0 Å². The summed E-state index contributed by atoms with van der Waals surface area (Å²) in [5.74, 6) is 1.25. The number of rotatable bonds is 6. The zero-order chi connectivity index (χ0) is 15.4. The summed E-state index contributed by atoms with van der Waals surface area (Å²) in [5, 5.41) is 10.9. The molecule has 1 amide bonds. The van der Waals surface area contributed by atoms with E-state index in [0.29, 0.717) is 12.4 Å². The summed E-state index contributed by atoms with van der Waals surface area (Å²) >= 11 is 0. The van der Waals surface area contributed by atoms with Crippen LogP contribution in [0.2, 0.25) is 0 Å². The van der Waals surface area contributed by atoms with E-state index in [2.05, 4.69) is 15.6 Å². The Morgan fingerprint density at radius 2 is 2.19 bits per heavy atom. The summed E-state index contributed by atoms with van der Waals surface area (Å²) in [6, 6.07) is 1.74. The number of hydrogen-bond donors (Lipinski definition) is 2. The van der Waals surface area contributed by atoms with Crippen LogP contribution in [0, 0.1) is 20.8 Å². The maximum atomic E-state index is 11.8. The van der Waals surface area contributed by atoms with Gasteiger partial charge in [-0.05, 0) is 33.6 Å². The van der Waals surface area contributed by atoms with Crippen molar-refractivity contribution in [1.82, 2.24) is 20.3 Å². The molecule has 0 unspecified atom stereocenters. The van der Waals surface area contributed by atoms with Crippen LogP contribution in [0.1, 0.15) is 29.1 Å². The van der Waals surface area contributed by atoms with Crippen LogP contribution >= 0.6 is 0 Å². The first-order valence-electron chi connectivity index (χ1n) is 6.95. The van der Waals surface area contributed by atoms with E-state index in [9.17, 15) is 4.79 Å². The fourth-order valence-electron chi connectivity index (χ4n) is 2.24. The predicted molar refractivity (Wildman–Crippen MR) is 78.7 cm³/mol. The van der Waals surface area contributed by atoms with Gasteiger partial charge in [0, 0.05) is 18.2 Å². The second-order valence-electron chi connectivity index (χ2n) is 5.12. The van der Waals surface area contributed by atoms with Crippen molar-refractivity contribution < 1.29 is 9.32 Å². The highest BCUT2D eigenvalue weighted by Crippen LogP contribution is 2.13. The lowest BCUT2D eigenvalue weighted by molar-refractivity contribution is -0.121. The molecule has 0 fully saturated rings. The molecule has 0 aliphatic heterocycles. The van der Waals surface area contributed by atoms with Crippen LogP contribution < -0.4 is 11.1 Å². The van der Waals surface area contributed by atoms with Gasteiger partial charge in [-0.3, -0.25) is 4.79 Å². The Balaban J connectivity index is 1.74. The summed E-state index contributed by atoms with van der Waals surface area (Å²) in [7, 11) is 0. The molecule has 2 aromatic heterocycles. The molecule has 114 valence electrons. The smallest absolute Gasteiger partial charge is 0.241 e. The maximum Gasteiger partial charge on any atom is 0.241 e. The fraction of sp³-hybridized carbons (Fsp3) is 0.500. The minimum atomic E-state index is -0.0939. The van der Waals surface area contributed by atoms with Crippen molar-refractivity contribution in [3.8, 4) is 0 Å². The predicted octanol–water partition coefficient (Wildman–Crippen LogP) is 1.13. The molecule has 0 radical (unpaired) electrons. The molecular formula is C14H21N5O2. The van der Waals surface area contributed by atoms with Crippen LogP contribution in [0.3, 0.4) is 0 Å². The highest BCUT2D eigenvalue weighted by Gasteiger charge is 2.09. The molecule has 7 heteroatoms. The topological polar surface area (TPSA) is 99.0 Å². The van der Waals surface area contributed by atoms with Crippen molar-refractivity contribution in [3.05, 3.63) is 28.8 Å². The third-order valence-corrected chi connectivity index (χ3v) is 3.33. The summed E-state index contributed by atoms with van der Waals surface area (Å²) in [4.78, 5) is 11.8. The number of nitrogen functional groups attached to an aromatic ring is 1. The second-order valence-corrected chi connectivity index (χ2v) is 5.12. The third-order valence-electron chi connectivity index (χ3n) is 3.33. The van der Waals surface area contributed by atoms with E-state index in [1.54, 1.807) is 6.07 Å². The third kappa shape index (κ3) is 3.84. The molecule has 0 spiro atoms. The molecule has 2 aromatic rings. The summed E-state index contributed by atoms with van der Waals surface area (Å²) in [6.45, 7) is 6.41. The number of aryl methyl sites for hydroxylation is 3. The highest BCUT2D eigenvalue weighted by atomic mass is 16.5. The number of amides is 1. The molecule has 3 N–H and O–H groups in total. The number of nitrogens with zero attached hydrogens (tertiary/aromatic N) is 3. The minimum absolute atomic E-state index is 0.0939. The number of anilines is 1. The molecule has 0 saturated carbocycles. The van der Waals surface area contributed by atoms with Gasteiger partial charge in [0.25, 0.3) is 0 Å². The van der Waals surface area contributed by atoms with Gasteiger partial charge < -0.3 is 15.6 Å². The van der Waals surface area contributed by atoms with Gasteiger partial charge in [0.1, 0.15) is 18.1 Å². The first-order chi connectivity index (χ1) is 9.97. The van der Waals surface area contributed by atoms with Crippen molar-refractivity contribution in [3.63, 3.8) is 0 Å². The molecule has 7 nitrogen and oxygen atoms in total. The van der Waals surface area contributed by atoms with Gasteiger partial charge in [0.05, 0.1) is 11.4 Å². The molecule has 21 heavy (non-hydrogen) atoms. The van der Waals surface area contributed by atoms with Crippen molar-refractivity contribution in [2.24, 2.45) is 0 Å². The van der Waals surface area contributed by atoms with E-state index in [1.807, 2.05) is 20.8 Å². The number of nitrogens with one attached hydrogen (secondary N) is 1. The van der Waals surface area contributed by atoms with Gasteiger partial charge in [-0.1, -0.05) is 5.16 Å². The molecule has 0 saturated heterocycles. The number of hydrogen-bond acceptors (Lipinski definition) is 5. The van der Waals surface area contributed by atoms with Gasteiger partial charge in [0.2, 0.25) is 5.91 Å². The Hall–Kier alpha value is -2.31. The van der Waals surface area contributed by atoms with Crippen LogP contribution in [0.15, 0.2) is 10.6 Å². The zero-order valence-corrected chi connectivity index (χ0v) is 12.6. The van der Waals surface area contributed by atoms with E-state index in [0.717, 1.165) is 35.6 Å². The normalized spacial score (nSPS) is 10.8.